The van der Waals surface area contributed by atoms with Crippen molar-refractivity contribution in [2.24, 2.45) is 4.99 Å². The molecule has 0 atom stereocenters. The van der Waals surface area contributed by atoms with E-state index in [1.807, 2.05) is 31.2 Å². The molecule has 0 spiro atoms. The van der Waals surface area contributed by atoms with Crippen molar-refractivity contribution in [3.63, 3.8) is 0 Å². The van der Waals surface area contributed by atoms with Gasteiger partial charge in [-0.3, -0.25) is 4.99 Å². The predicted molar refractivity (Wildman–Crippen MR) is 104 cm³/mol. The number of rotatable bonds is 5. The van der Waals surface area contributed by atoms with Crippen LogP contribution in [0.5, 0.6) is 5.75 Å². The zero-order chi connectivity index (χ0) is 18.6. The molecule has 0 bridgehead atoms. The first-order valence-corrected chi connectivity index (χ1v) is 9.63. The molecule has 4 nitrogen and oxygen atoms in total. The van der Waals surface area contributed by atoms with E-state index in [2.05, 4.69) is 4.99 Å². The van der Waals surface area contributed by atoms with Crippen LogP contribution in [-0.4, -0.2) is 14.6 Å². The average molecular weight is 386 g/mol. The summed E-state index contributed by atoms with van der Waals surface area (Å²) in [7, 11) is -3.93. The summed E-state index contributed by atoms with van der Waals surface area (Å²) < 4.78 is 29.7. The Morgan fingerprint density at radius 1 is 0.962 bits per heavy atom. The molecular formula is C20H16ClNO3S. The zero-order valence-electron chi connectivity index (χ0n) is 14.0. The predicted octanol–water partition coefficient (Wildman–Crippen LogP) is 5.17. The minimum atomic E-state index is -3.93. The van der Waals surface area contributed by atoms with E-state index < -0.39 is 10.1 Å². The zero-order valence-corrected chi connectivity index (χ0v) is 15.5. The van der Waals surface area contributed by atoms with E-state index >= 15 is 0 Å². The average Bonchev–Trinajstić information content (AvgIpc) is 2.64. The van der Waals surface area contributed by atoms with Gasteiger partial charge in [0.25, 0.3) is 0 Å². The summed E-state index contributed by atoms with van der Waals surface area (Å²) >= 11 is 6.18. The summed E-state index contributed by atoms with van der Waals surface area (Å²) in [6.07, 6.45) is 1.67. The maximum absolute atomic E-state index is 12.3. The summed E-state index contributed by atoms with van der Waals surface area (Å²) in [4.78, 5) is 4.50. The van der Waals surface area contributed by atoms with Gasteiger partial charge in [-0.05, 0) is 54.4 Å². The molecule has 6 heteroatoms. The SMILES string of the molecule is Cc1ccccc1N=Cc1ccc(OS(=O)(=O)c2ccccc2)c(Cl)c1. The molecule has 0 amide bonds. The Kier molecular flexibility index (Phi) is 5.40. The van der Waals surface area contributed by atoms with Gasteiger partial charge in [-0.2, -0.15) is 8.42 Å². The van der Waals surface area contributed by atoms with E-state index in [0.717, 1.165) is 16.8 Å². The molecule has 0 saturated heterocycles. The Morgan fingerprint density at radius 3 is 2.35 bits per heavy atom. The molecule has 0 saturated carbocycles. The molecule has 3 rings (SSSR count). The summed E-state index contributed by atoms with van der Waals surface area (Å²) in [5, 5.41) is 0.193. The smallest absolute Gasteiger partial charge is 0.339 e. The Labute approximate surface area is 157 Å². The van der Waals surface area contributed by atoms with Crippen LogP contribution in [0.4, 0.5) is 5.69 Å². The largest absolute Gasteiger partial charge is 0.377 e. The number of nitrogens with zero attached hydrogens (tertiary/aromatic N) is 1. The minimum Gasteiger partial charge on any atom is -0.377 e. The van der Waals surface area contributed by atoms with E-state index in [9.17, 15) is 8.42 Å². The monoisotopic (exact) mass is 385 g/mol. The van der Waals surface area contributed by atoms with E-state index in [1.165, 1.54) is 18.2 Å². The topological polar surface area (TPSA) is 55.7 Å². The van der Waals surface area contributed by atoms with Crippen LogP contribution >= 0.6 is 11.6 Å². The van der Waals surface area contributed by atoms with Crippen LogP contribution in [0, 0.1) is 6.92 Å². The van der Waals surface area contributed by atoms with Crippen LogP contribution in [0.1, 0.15) is 11.1 Å². The van der Waals surface area contributed by atoms with Crippen molar-refractivity contribution < 1.29 is 12.6 Å². The number of hydrogen-bond donors (Lipinski definition) is 0. The fraction of sp³-hybridized carbons (Fsp3) is 0.0500. The molecule has 132 valence electrons. The first kappa shape index (κ1) is 18.2. The van der Waals surface area contributed by atoms with Crippen molar-refractivity contribution in [2.45, 2.75) is 11.8 Å². The number of benzene rings is 3. The maximum Gasteiger partial charge on any atom is 0.339 e. The lowest BCUT2D eigenvalue weighted by Crippen LogP contribution is -2.09. The second kappa shape index (κ2) is 7.72. The van der Waals surface area contributed by atoms with Crippen LogP contribution in [-0.2, 0) is 10.1 Å². The van der Waals surface area contributed by atoms with Gasteiger partial charge in [-0.15, -0.1) is 0 Å². The Hall–Kier alpha value is -2.63. The molecule has 0 aromatic heterocycles. The van der Waals surface area contributed by atoms with E-state index in [-0.39, 0.29) is 15.7 Å². The number of aryl methyl sites for hydroxylation is 1. The van der Waals surface area contributed by atoms with Gasteiger partial charge in [0.2, 0.25) is 0 Å². The van der Waals surface area contributed by atoms with Crippen molar-refractivity contribution in [2.75, 3.05) is 0 Å². The molecule has 0 aliphatic carbocycles. The highest BCUT2D eigenvalue weighted by molar-refractivity contribution is 7.87. The molecule has 0 unspecified atom stereocenters. The van der Waals surface area contributed by atoms with E-state index in [1.54, 1.807) is 36.5 Å². The summed E-state index contributed by atoms with van der Waals surface area (Å²) in [6.45, 7) is 1.98. The van der Waals surface area contributed by atoms with Gasteiger partial charge in [0, 0.05) is 6.21 Å². The Bertz CT molecular complexity index is 1050. The fourth-order valence-corrected chi connectivity index (χ4v) is 3.51. The van der Waals surface area contributed by atoms with Gasteiger partial charge in [0.15, 0.2) is 5.75 Å². The second-order valence-corrected chi connectivity index (χ2v) is 7.54. The molecule has 3 aromatic rings. The lowest BCUT2D eigenvalue weighted by atomic mass is 10.2. The molecule has 0 N–H and O–H groups in total. The lowest BCUT2D eigenvalue weighted by molar-refractivity contribution is 0.486. The molecular weight excluding hydrogens is 370 g/mol. The van der Waals surface area contributed by atoms with Gasteiger partial charge in [0.1, 0.15) is 4.90 Å². The van der Waals surface area contributed by atoms with Gasteiger partial charge in [-0.25, -0.2) is 0 Å². The van der Waals surface area contributed by atoms with Crippen molar-refractivity contribution in [1.82, 2.24) is 0 Å². The van der Waals surface area contributed by atoms with Crippen molar-refractivity contribution in [3.8, 4) is 5.75 Å². The minimum absolute atomic E-state index is 0.0706. The van der Waals surface area contributed by atoms with Crippen LogP contribution in [0.2, 0.25) is 5.02 Å². The van der Waals surface area contributed by atoms with Crippen LogP contribution < -0.4 is 4.18 Å². The summed E-state index contributed by atoms with van der Waals surface area (Å²) in [5.41, 5.74) is 2.65. The number of aliphatic imine (C=N–C) groups is 1. The highest BCUT2D eigenvalue weighted by Gasteiger charge is 2.17. The van der Waals surface area contributed by atoms with Crippen LogP contribution in [0.25, 0.3) is 0 Å². The lowest BCUT2D eigenvalue weighted by Gasteiger charge is -2.09. The molecule has 26 heavy (non-hydrogen) atoms. The molecule has 0 aliphatic rings. The molecule has 0 fully saturated rings. The third-order valence-corrected chi connectivity index (χ3v) is 5.20. The number of halogens is 1. The number of hydrogen-bond acceptors (Lipinski definition) is 4. The maximum atomic E-state index is 12.3. The van der Waals surface area contributed by atoms with Crippen molar-refractivity contribution >= 4 is 33.6 Å². The second-order valence-electron chi connectivity index (χ2n) is 5.59. The third-order valence-electron chi connectivity index (χ3n) is 3.66. The van der Waals surface area contributed by atoms with Crippen LogP contribution in [0.15, 0.2) is 82.7 Å². The third kappa shape index (κ3) is 4.31. The Morgan fingerprint density at radius 2 is 1.65 bits per heavy atom. The first-order valence-electron chi connectivity index (χ1n) is 7.84. The first-order chi connectivity index (χ1) is 12.5. The van der Waals surface area contributed by atoms with Gasteiger partial charge < -0.3 is 4.18 Å². The highest BCUT2D eigenvalue weighted by atomic mass is 35.5. The van der Waals surface area contributed by atoms with E-state index in [0.29, 0.717) is 0 Å². The Balaban J connectivity index is 1.81. The fourth-order valence-electron chi connectivity index (χ4n) is 2.27. The quantitative estimate of drug-likeness (QED) is 0.450. The molecule has 0 heterocycles. The van der Waals surface area contributed by atoms with Crippen molar-refractivity contribution in [1.29, 1.82) is 0 Å². The highest BCUT2D eigenvalue weighted by Crippen LogP contribution is 2.28. The normalized spacial score (nSPS) is 11.6. The number of para-hydroxylation sites is 1. The summed E-state index contributed by atoms with van der Waals surface area (Å²) in [6, 6.07) is 20.5. The standard InChI is InChI=1S/C20H16ClNO3S/c1-15-7-5-6-10-19(15)22-14-16-11-12-20(18(21)13-16)25-26(23,24)17-8-3-2-4-9-17/h2-14H,1H3. The molecule has 0 radical (unpaired) electrons. The molecule has 3 aromatic carbocycles. The van der Waals surface area contributed by atoms with Gasteiger partial charge in [0.05, 0.1) is 10.7 Å². The van der Waals surface area contributed by atoms with E-state index in [4.69, 9.17) is 15.8 Å². The molecule has 0 aliphatic heterocycles. The summed E-state index contributed by atoms with van der Waals surface area (Å²) in [5.74, 6) is 0.0727. The van der Waals surface area contributed by atoms with Crippen molar-refractivity contribution in [3.05, 3.63) is 88.9 Å². The van der Waals surface area contributed by atoms with Gasteiger partial charge >= 0.3 is 10.1 Å². The van der Waals surface area contributed by atoms with Gasteiger partial charge in [-0.1, -0.05) is 48.0 Å². The van der Waals surface area contributed by atoms with Crippen LogP contribution in [0.3, 0.4) is 0 Å².